The Morgan fingerprint density at radius 2 is 1.60 bits per heavy atom. The number of carbonyl (C=O) groups is 2. The van der Waals surface area contributed by atoms with Gasteiger partial charge in [0.1, 0.15) is 0 Å². The molecule has 0 aliphatic carbocycles. The van der Waals surface area contributed by atoms with E-state index < -0.39 is 30.3 Å². The number of aliphatic hydroxyl groups is 3. The van der Waals surface area contributed by atoms with E-state index in [4.69, 9.17) is 9.47 Å². The van der Waals surface area contributed by atoms with Gasteiger partial charge in [0.15, 0.2) is 6.10 Å². The fraction of sp³-hybridized carbons (Fsp3) is 0.824. The smallest absolute Gasteiger partial charge is 0.309 e. The van der Waals surface area contributed by atoms with Crippen molar-refractivity contribution >= 4 is 11.9 Å². The molecule has 0 aromatic rings. The molecule has 1 amide bonds. The lowest BCUT2D eigenvalue weighted by Crippen LogP contribution is -2.43. The second kappa shape index (κ2) is 22.8. The number of methoxy groups -OCH3 is 1. The van der Waals surface area contributed by atoms with Crippen LogP contribution in [0.1, 0.15) is 118 Å². The molecule has 42 heavy (non-hydrogen) atoms. The third-order valence-corrected chi connectivity index (χ3v) is 8.20. The average molecular weight is 596 g/mol. The molecule has 0 saturated carbocycles. The number of esters is 1. The molecule has 4 N–H and O–H groups in total. The van der Waals surface area contributed by atoms with Crippen LogP contribution in [0, 0.1) is 17.8 Å². The molecule has 1 unspecified atom stereocenters. The molecule has 0 fully saturated rings. The first-order valence-corrected chi connectivity index (χ1v) is 16.4. The molecule has 0 saturated heterocycles. The highest BCUT2D eigenvalue weighted by Gasteiger charge is 2.27. The van der Waals surface area contributed by atoms with Gasteiger partial charge >= 0.3 is 5.97 Å². The number of amides is 1. The Balaban J connectivity index is 2.86. The van der Waals surface area contributed by atoms with Gasteiger partial charge in [-0.1, -0.05) is 97.3 Å². The van der Waals surface area contributed by atoms with Gasteiger partial charge < -0.3 is 30.1 Å². The van der Waals surface area contributed by atoms with Crippen LogP contribution in [-0.4, -0.2) is 71.9 Å². The molecule has 0 bridgehead atoms. The Kier molecular flexibility index (Phi) is 20.7. The van der Waals surface area contributed by atoms with Gasteiger partial charge in [0.25, 0.3) is 5.91 Å². The van der Waals surface area contributed by atoms with E-state index in [0.29, 0.717) is 44.1 Å². The molecule has 1 rings (SSSR count). The molecule has 1 aliphatic heterocycles. The van der Waals surface area contributed by atoms with E-state index in [1.165, 1.54) is 32.1 Å². The molecular formula is C34H61NO7. The van der Waals surface area contributed by atoms with E-state index >= 15 is 0 Å². The molecule has 0 aromatic carbocycles. The highest BCUT2D eigenvalue weighted by atomic mass is 16.5. The number of β-amino-alcohol motifs (C(OH)–C–C–N with tert-alkyl or cyclic N) is 1. The zero-order valence-electron chi connectivity index (χ0n) is 27.1. The summed E-state index contributed by atoms with van der Waals surface area (Å²) in [5.74, 6) is -0.228. The van der Waals surface area contributed by atoms with E-state index in [9.17, 15) is 24.9 Å². The third-order valence-electron chi connectivity index (χ3n) is 8.20. The minimum Gasteiger partial charge on any atom is -0.452 e. The Hall–Kier alpha value is -1.74. The van der Waals surface area contributed by atoms with E-state index in [1.54, 1.807) is 7.11 Å². The van der Waals surface area contributed by atoms with Crippen molar-refractivity contribution in [3.8, 4) is 0 Å². The highest BCUT2D eigenvalue weighted by molar-refractivity contribution is 5.84. The molecule has 1 aliphatic rings. The number of hydrogen-bond acceptors (Lipinski definition) is 7. The average Bonchev–Trinajstić information content (AvgIpc) is 2.94. The Labute approximate surface area is 255 Å². The number of hydrogen-bond donors (Lipinski definition) is 4. The molecule has 8 nitrogen and oxygen atoms in total. The topological polar surface area (TPSA) is 125 Å². The zero-order chi connectivity index (χ0) is 31.3. The minimum absolute atomic E-state index is 0.0880. The van der Waals surface area contributed by atoms with Gasteiger partial charge in [-0.2, -0.15) is 0 Å². The molecule has 1 heterocycles. The lowest BCUT2D eigenvalue weighted by Gasteiger charge is -2.23. The Morgan fingerprint density at radius 1 is 0.929 bits per heavy atom. The standard InChI is InChI=1S/C34H61NO7/c1-6-14-32-33(39)35-23-29(36)22-31(38)30(37)20-19-28(24-41-5)18-13-17-25(2)15-11-9-7-8-10-12-16-26(3)21-27(4)34(40)42-32/h13,17-18,25-27,29-32,36-38H,6-12,14-16,19-24H2,1-5H3,(H,35,39)/b17-13+,28-18-/t25?,26-,27-,29-,30+,31-,32-/m0/s1. The number of nitrogens with one attached hydrogen (secondary N) is 1. The van der Waals surface area contributed by atoms with Gasteiger partial charge in [0.05, 0.1) is 30.8 Å². The summed E-state index contributed by atoms with van der Waals surface area (Å²) in [6, 6.07) is 0. The molecular weight excluding hydrogens is 534 g/mol. The summed E-state index contributed by atoms with van der Waals surface area (Å²) in [6.45, 7) is 8.52. The van der Waals surface area contributed by atoms with Crippen molar-refractivity contribution in [1.82, 2.24) is 5.32 Å². The van der Waals surface area contributed by atoms with Gasteiger partial charge in [0, 0.05) is 20.1 Å². The first-order valence-electron chi connectivity index (χ1n) is 16.4. The maximum atomic E-state index is 12.8. The van der Waals surface area contributed by atoms with E-state index in [0.717, 1.165) is 31.3 Å². The summed E-state index contributed by atoms with van der Waals surface area (Å²) < 4.78 is 10.9. The van der Waals surface area contributed by atoms with Crippen molar-refractivity contribution in [2.24, 2.45) is 17.8 Å². The Morgan fingerprint density at radius 3 is 2.26 bits per heavy atom. The fourth-order valence-electron chi connectivity index (χ4n) is 5.49. The van der Waals surface area contributed by atoms with E-state index in [2.05, 4.69) is 31.3 Å². The second-order valence-corrected chi connectivity index (χ2v) is 12.6. The fourth-order valence-corrected chi connectivity index (χ4v) is 5.49. The first kappa shape index (κ1) is 38.3. The van der Waals surface area contributed by atoms with Crippen LogP contribution in [0.15, 0.2) is 23.8 Å². The maximum absolute atomic E-state index is 12.8. The molecule has 8 heteroatoms. The van der Waals surface area contributed by atoms with Gasteiger partial charge in [-0.05, 0) is 49.5 Å². The van der Waals surface area contributed by atoms with E-state index in [-0.39, 0.29) is 24.9 Å². The molecule has 7 atom stereocenters. The van der Waals surface area contributed by atoms with Crippen LogP contribution >= 0.6 is 0 Å². The highest BCUT2D eigenvalue weighted by Crippen LogP contribution is 2.22. The second-order valence-electron chi connectivity index (χ2n) is 12.6. The Bertz CT molecular complexity index is 799. The quantitative estimate of drug-likeness (QED) is 0.311. The molecule has 0 aromatic heterocycles. The van der Waals surface area contributed by atoms with Crippen LogP contribution in [0.5, 0.6) is 0 Å². The predicted molar refractivity (Wildman–Crippen MR) is 168 cm³/mol. The van der Waals surface area contributed by atoms with Crippen LogP contribution in [0.3, 0.4) is 0 Å². The zero-order valence-corrected chi connectivity index (χ0v) is 27.1. The van der Waals surface area contributed by atoms with Crippen LogP contribution in [0.2, 0.25) is 0 Å². The van der Waals surface area contributed by atoms with Gasteiger partial charge in [-0.25, -0.2) is 0 Å². The van der Waals surface area contributed by atoms with Crippen LogP contribution in [0.25, 0.3) is 0 Å². The summed E-state index contributed by atoms with van der Waals surface area (Å²) in [6.07, 6.45) is 14.3. The number of cyclic esters (lactones) is 1. The normalized spacial score (nSPS) is 33.7. The van der Waals surface area contributed by atoms with E-state index in [1.807, 2.05) is 19.9 Å². The number of carbonyl (C=O) groups excluding carboxylic acids is 2. The SMILES string of the molecule is CCC[C@@H]1OC(=O)[C@@H](C)C[C@@H](C)CCCCCCCCC(C)/C=C/C=C(\COC)CC[C@@H](O)[C@@H](O)C[C@H](O)CNC1=O. The summed E-state index contributed by atoms with van der Waals surface area (Å²) in [7, 11) is 1.63. The minimum atomic E-state index is -1.14. The van der Waals surface area contributed by atoms with Crippen molar-refractivity contribution in [2.75, 3.05) is 20.3 Å². The van der Waals surface area contributed by atoms with Gasteiger partial charge in [-0.15, -0.1) is 0 Å². The summed E-state index contributed by atoms with van der Waals surface area (Å²) in [4.78, 5) is 25.6. The van der Waals surface area contributed by atoms with Crippen molar-refractivity contribution in [2.45, 2.75) is 142 Å². The first-order chi connectivity index (χ1) is 20.1. The summed E-state index contributed by atoms with van der Waals surface area (Å²) in [5.41, 5.74) is 1.02. The lowest BCUT2D eigenvalue weighted by molar-refractivity contribution is -0.160. The van der Waals surface area contributed by atoms with Crippen LogP contribution < -0.4 is 5.32 Å². The van der Waals surface area contributed by atoms with Crippen molar-refractivity contribution in [3.63, 3.8) is 0 Å². The maximum Gasteiger partial charge on any atom is 0.309 e. The molecule has 0 radical (unpaired) electrons. The third kappa shape index (κ3) is 17.4. The molecule has 0 spiro atoms. The number of aliphatic hydroxyl groups excluding tert-OH is 3. The van der Waals surface area contributed by atoms with Crippen molar-refractivity contribution in [3.05, 3.63) is 23.8 Å². The largest absolute Gasteiger partial charge is 0.452 e. The number of allylic oxidation sites excluding steroid dienone is 3. The van der Waals surface area contributed by atoms with Crippen LogP contribution in [-0.2, 0) is 19.1 Å². The summed E-state index contributed by atoms with van der Waals surface area (Å²) in [5, 5.41) is 34.1. The van der Waals surface area contributed by atoms with Crippen molar-refractivity contribution in [1.29, 1.82) is 0 Å². The van der Waals surface area contributed by atoms with Crippen molar-refractivity contribution < 1.29 is 34.4 Å². The monoisotopic (exact) mass is 595 g/mol. The predicted octanol–water partition coefficient (Wildman–Crippen LogP) is 5.63. The molecule has 244 valence electrons. The van der Waals surface area contributed by atoms with Gasteiger partial charge in [0.2, 0.25) is 0 Å². The van der Waals surface area contributed by atoms with Crippen LogP contribution in [0.4, 0.5) is 0 Å². The van der Waals surface area contributed by atoms with Gasteiger partial charge in [-0.3, -0.25) is 9.59 Å². The summed E-state index contributed by atoms with van der Waals surface area (Å²) >= 11 is 0. The number of ether oxygens (including phenoxy) is 2. The lowest BCUT2D eigenvalue weighted by atomic mass is 9.92. The number of rotatable bonds is 4.